The van der Waals surface area contributed by atoms with E-state index in [2.05, 4.69) is 14.7 Å². The number of anilines is 2. The maximum atomic E-state index is 12.7. The minimum Gasteiger partial charge on any atom is -0.312 e. The Bertz CT molecular complexity index is 1210. The lowest BCUT2D eigenvalue weighted by atomic mass is 10.1. The van der Waals surface area contributed by atoms with Crippen molar-refractivity contribution in [2.24, 2.45) is 0 Å². The van der Waals surface area contributed by atoms with E-state index in [1.165, 1.54) is 18.2 Å². The quantitative estimate of drug-likeness (QED) is 0.637. The first-order valence-corrected chi connectivity index (χ1v) is 9.98. The van der Waals surface area contributed by atoms with Crippen LogP contribution in [0.25, 0.3) is 11.0 Å². The number of aromatic amines is 2. The summed E-state index contributed by atoms with van der Waals surface area (Å²) >= 11 is 0. The molecule has 3 N–H and O–H groups in total. The van der Waals surface area contributed by atoms with Gasteiger partial charge in [-0.1, -0.05) is 0 Å². The molecule has 0 atom stereocenters. The van der Waals surface area contributed by atoms with Crippen LogP contribution in [0.1, 0.15) is 18.4 Å². The third-order valence-electron chi connectivity index (χ3n) is 4.61. The molecule has 1 fully saturated rings. The van der Waals surface area contributed by atoms with Crippen LogP contribution in [-0.4, -0.2) is 30.8 Å². The highest BCUT2D eigenvalue weighted by Crippen LogP contribution is 2.28. The number of fused-ring (bicyclic) bond motifs is 1. The third kappa shape index (κ3) is 3.21. The Labute approximate surface area is 155 Å². The van der Waals surface area contributed by atoms with Crippen molar-refractivity contribution in [1.82, 2.24) is 9.97 Å². The molecule has 0 saturated carbocycles. The first-order valence-electron chi connectivity index (χ1n) is 8.49. The van der Waals surface area contributed by atoms with E-state index in [9.17, 15) is 18.0 Å². The van der Waals surface area contributed by atoms with E-state index in [-0.39, 0.29) is 10.8 Å². The number of carbonyl (C=O) groups is 1. The van der Waals surface area contributed by atoms with Crippen molar-refractivity contribution >= 4 is 38.3 Å². The van der Waals surface area contributed by atoms with Gasteiger partial charge in [-0.05, 0) is 55.3 Å². The molecule has 4 rings (SSSR count). The van der Waals surface area contributed by atoms with Gasteiger partial charge >= 0.3 is 5.69 Å². The number of carbonyl (C=O) groups excluding carboxylic acids is 1. The summed E-state index contributed by atoms with van der Waals surface area (Å²) < 4.78 is 27.9. The summed E-state index contributed by atoms with van der Waals surface area (Å²) in [5, 5.41) is 0. The average molecular weight is 386 g/mol. The lowest BCUT2D eigenvalue weighted by Crippen LogP contribution is -2.24. The minimum atomic E-state index is -3.82. The molecule has 27 heavy (non-hydrogen) atoms. The molecule has 1 aliphatic rings. The molecule has 1 aromatic heterocycles. The Kier molecular flexibility index (Phi) is 4.03. The van der Waals surface area contributed by atoms with Gasteiger partial charge in [-0.15, -0.1) is 0 Å². The fraction of sp³-hybridized carbons (Fsp3) is 0.222. The topological polar surface area (TPSA) is 115 Å². The monoisotopic (exact) mass is 386 g/mol. The third-order valence-corrected chi connectivity index (χ3v) is 5.99. The van der Waals surface area contributed by atoms with Gasteiger partial charge in [0.05, 0.1) is 15.9 Å². The molecule has 3 aromatic rings. The molecule has 1 amide bonds. The van der Waals surface area contributed by atoms with Gasteiger partial charge in [-0.2, -0.15) is 0 Å². The zero-order valence-electron chi connectivity index (χ0n) is 14.6. The van der Waals surface area contributed by atoms with Crippen LogP contribution in [0.2, 0.25) is 0 Å². The predicted octanol–water partition coefficient (Wildman–Crippen LogP) is 2.09. The molecule has 2 heterocycles. The highest BCUT2D eigenvalue weighted by Gasteiger charge is 2.23. The molecule has 140 valence electrons. The van der Waals surface area contributed by atoms with E-state index in [0.29, 0.717) is 29.7 Å². The number of benzene rings is 2. The van der Waals surface area contributed by atoms with Crippen molar-refractivity contribution in [2.45, 2.75) is 24.7 Å². The fourth-order valence-electron chi connectivity index (χ4n) is 3.32. The van der Waals surface area contributed by atoms with Crippen molar-refractivity contribution in [2.75, 3.05) is 16.2 Å². The van der Waals surface area contributed by atoms with Crippen molar-refractivity contribution in [3.63, 3.8) is 0 Å². The standard InChI is InChI=1S/C18H18N4O4S/c1-11-9-12(4-7-16(11)22-8-2-3-17(22)23)21-27(25,26)13-5-6-14-15(10-13)20-18(24)19-14/h4-7,9-10,21H,2-3,8H2,1H3,(H2,19,20,24). The van der Waals surface area contributed by atoms with Gasteiger partial charge in [0.15, 0.2) is 0 Å². The molecule has 2 aromatic carbocycles. The largest absolute Gasteiger partial charge is 0.323 e. The summed E-state index contributed by atoms with van der Waals surface area (Å²) in [6.45, 7) is 2.52. The maximum Gasteiger partial charge on any atom is 0.323 e. The van der Waals surface area contributed by atoms with Crippen LogP contribution in [-0.2, 0) is 14.8 Å². The van der Waals surface area contributed by atoms with Crippen LogP contribution in [0.4, 0.5) is 11.4 Å². The van der Waals surface area contributed by atoms with Crippen LogP contribution in [0.3, 0.4) is 0 Å². The smallest absolute Gasteiger partial charge is 0.312 e. The number of rotatable bonds is 4. The SMILES string of the molecule is Cc1cc(NS(=O)(=O)c2ccc3[nH]c(=O)[nH]c3c2)ccc1N1CCCC1=O. The molecule has 1 aliphatic heterocycles. The summed E-state index contributed by atoms with van der Waals surface area (Å²) in [5.41, 5.74) is 2.58. The predicted molar refractivity (Wildman–Crippen MR) is 102 cm³/mol. The lowest BCUT2D eigenvalue weighted by Gasteiger charge is -2.19. The van der Waals surface area contributed by atoms with Gasteiger partial charge in [0.1, 0.15) is 0 Å². The summed E-state index contributed by atoms with van der Waals surface area (Å²) in [4.78, 5) is 30.1. The second kappa shape index (κ2) is 6.27. The number of nitrogens with one attached hydrogen (secondary N) is 3. The van der Waals surface area contributed by atoms with E-state index < -0.39 is 15.7 Å². The highest BCUT2D eigenvalue weighted by atomic mass is 32.2. The van der Waals surface area contributed by atoms with Crippen molar-refractivity contribution < 1.29 is 13.2 Å². The van der Waals surface area contributed by atoms with Gasteiger partial charge in [0, 0.05) is 24.3 Å². The zero-order valence-corrected chi connectivity index (χ0v) is 15.4. The number of hydrogen-bond acceptors (Lipinski definition) is 4. The van der Waals surface area contributed by atoms with Gasteiger partial charge in [0.25, 0.3) is 10.0 Å². The van der Waals surface area contributed by atoms with Gasteiger partial charge in [-0.3, -0.25) is 9.52 Å². The summed E-state index contributed by atoms with van der Waals surface area (Å²) in [6.07, 6.45) is 1.37. The average Bonchev–Trinajstić information content (AvgIpc) is 3.18. The van der Waals surface area contributed by atoms with Crippen LogP contribution in [0, 0.1) is 6.92 Å². The Balaban J connectivity index is 1.62. The number of nitrogens with zero attached hydrogens (tertiary/aromatic N) is 1. The van der Waals surface area contributed by atoms with Gasteiger partial charge < -0.3 is 14.9 Å². The second-order valence-corrected chi connectivity index (χ2v) is 8.22. The summed E-state index contributed by atoms with van der Waals surface area (Å²) in [7, 11) is -3.82. The maximum absolute atomic E-state index is 12.7. The van der Waals surface area contributed by atoms with Crippen LogP contribution in [0.15, 0.2) is 46.1 Å². The first-order chi connectivity index (χ1) is 12.8. The Hall–Kier alpha value is -3.07. The molecule has 0 spiro atoms. The van der Waals surface area contributed by atoms with Crippen LogP contribution >= 0.6 is 0 Å². The lowest BCUT2D eigenvalue weighted by molar-refractivity contribution is -0.117. The number of imidazole rings is 1. The number of aromatic nitrogens is 2. The molecular weight excluding hydrogens is 368 g/mol. The molecular formula is C18H18N4O4S. The molecule has 1 saturated heterocycles. The summed E-state index contributed by atoms with van der Waals surface area (Å²) in [5.74, 6) is 0.0835. The van der Waals surface area contributed by atoms with Crippen molar-refractivity contribution in [3.8, 4) is 0 Å². The number of sulfonamides is 1. The molecule has 0 aliphatic carbocycles. The second-order valence-electron chi connectivity index (χ2n) is 6.54. The van der Waals surface area contributed by atoms with Crippen LogP contribution < -0.4 is 15.3 Å². The van der Waals surface area contributed by atoms with E-state index in [0.717, 1.165) is 17.7 Å². The number of aryl methyl sites for hydroxylation is 1. The Morgan fingerprint density at radius 1 is 1.04 bits per heavy atom. The summed E-state index contributed by atoms with van der Waals surface area (Å²) in [6, 6.07) is 9.47. The first kappa shape index (κ1) is 17.3. The normalized spacial score (nSPS) is 14.9. The van der Waals surface area contributed by atoms with Crippen molar-refractivity contribution in [1.29, 1.82) is 0 Å². The van der Waals surface area contributed by atoms with Gasteiger partial charge in [-0.25, -0.2) is 13.2 Å². The number of amides is 1. The van der Waals surface area contributed by atoms with E-state index in [1.807, 2.05) is 6.92 Å². The highest BCUT2D eigenvalue weighted by molar-refractivity contribution is 7.92. The molecule has 0 bridgehead atoms. The van der Waals surface area contributed by atoms with E-state index >= 15 is 0 Å². The molecule has 0 radical (unpaired) electrons. The number of hydrogen-bond donors (Lipinski definition) is 3. The van der Waals surface area contributed by atoms with Gasteiger partial charge in [0.2, 0.25) is 5.91 Å². The molecule has 8 nitrogen and oxygen atoms in total. The van der Waals surface area contributed by atoms with E-state index in [4.69, 9.17) is 0 Å². The fourth-order valence-corrected chi connectivity index (χ4v) is 4.39. The minimum absolute atomic E-state index is 0.0432. The van der Waals surface area contributed by atoms with Crippen molar-refractivity contribution in [3.05, 3.63) is 52.4 Å². The molecule has 9 heteroatoms. The zero-order chi connectivity index (χ0) is 19.2. The van der Waals surface area contributed by atoms with E-state index in [1.54, 1.807) is 23.1 Å². The van der Waals surface area contributed by atoms with Crippen LogP contribution in [0.5, 0.6) is 0 Å². The molecule has 0 unspecified atom stereocenters. The number of H-pyrrole nitrogens is 2. The Morgan fingerprint density at radius 2 is 1.81 bits per heavy atom. The Morgan fingerprint density at radius 3 is 2.52 bits per heavy atom.